The van der Waals surface area contributed by atoms with E-state index in [2.05, 4.69) is 15.5 Å². The summed E-state index contributed by atoms with van der Waals surface area (Å²) in [7, 11) is 0. The molecule has 0 saturated carbocycles. The van der Waals surface area contributed by atoms with E-state index >= 15 is 0 Å². The van der Waals surface area contributed by atoms with E-state index in [0.717, 1.165) is 16.9 Å². The molecule has 4 aromatic rings. The highest BCUT2D eigenvalue weighted by molar-refractivity contribution is 7.99. The van der Waals surface area contributed by atoms with Crippen molar-refractivity contribution in [3.8, 4) is 22.9 Å². The van der Waals surface area contributed by atoms with Crippen LogP contribution in [0, 0.1) is 12.7 Å². The molecule has 1 amide bonds. The van der Waals surface area contributed by atoms with Gasteiger partial charge in [0, 0.05) is 11.3 Å². The van der Waals surface area contributed by atoms with Crippen molar-refractivity contribution in [1.82, 2.24) is 14.8 Å². The number of thioether (sulfide) groups is 1. The number of benzene rings is 3. The number of fused-ring (bicyclic) bond motifs is 1. The smallest absolute Gasteiger partial charge is 0.234 e. The first-order chi connectivity index (χ1) is 16.6. The van der Waals surface area contributed by atoms with Crippen LogP contribution in [-0.4, -0.2) is 33.2 Å². The summed E-state index contributed by atoms with van der Waals surface area (Å²) in [6.45, 7) is 2.37. The van der Waals surface area contributed by atoms with E-state index in [9.17, 15) is 9.18 Å². The van der Waals surface area contributed by atoms with E-state index in [1.54, 1.807) is 19.1 Å². The maximum atomic E-state index is 13.8. The average molecular weight is 477 g/mol. The molecule has 0 fully saturated rings. The SMILES string of the molecule is Cc1ccc(NC(=O)CSc2nnc(-c3ccccc3)n2Cc2ccc3c(c2)OCO3)cc1F. The Morgan fingerprint density at radius 3 is 2.71 bits per heavy atom. The predicted molar refractivity (Wildman–Crippen MR) is 128 cm³/mol. The molecule has 0 atom stereocenters. The molecule has 0 aliphatic carbocycles. The topological polar surface area (TPSA) is 78.3 Å². The van der Waals surface area contributed by atoms with Gasteiger partial charge in [0.15, 0.2) is 22.5 Å². The number of aryl methyl sites for hydroxylation is 1. The second kappa shape index (κ2) is 9.56. The number of amides is 1. The first-order valence-electron chi connectivity index (χ1n) is 10.6. The molecule has 0 saturated heterocycles. The Morgan fingerprint density at radius 2 is 1.88 bits per heavy atom. The first kappa shape index (κ1) is 22.0. The van der Waals surface area contributed by atoms with Crippen molar-refractivity contribution in [3.63, 3.8) is 0 Å². The van der Waals surface area contributed by atoms with Crippen molar-refractivity contribution < 1.29 is 18.7 Å². The number of rotatable bonds is 7. The number of hydrogen-bond acceptors (Lipinski definition) is 6. The van der Waals surface area contributed by atoms with Gasteiger partial charge in [-0.25, -0.2) is 4.39 Å². The summed E-state index contributed by atoms with van der Waals surface area (Å²) < 4.78 is 26.7. The second-order valence-electron chi connectivity index (χ2n) is 7.75. The lowest BCUT2D eigenvalue weighted by Crippen LogP contribution is -2.15. The van der Waals surface area contributed by atoms with Crippen LogP contribution in [0.5, 0.6) is 11.5 Å². The number of aromatic nitrogens is 3. The first-order valence-corrected chi connectivity index (χ1v) is 11.6. The van der Waals surface area contributed by atoms with Gasteiger partial charge in [-0.3, -0.25) is 9.36 Å². The number of carbonyl (C=O) groups is 1. The molecule has 9 heteroatoms. The summed E-state index contributed by atoms with van der Waals surface area (Å²) in [5.74, 6) is 1.60. The maximum Gasteiger partial charge on any atom is 0.234 e. The average Bonchev–Trinajstić information content (AvgIpc) is 3.47. The summed E-state index contributed by atoms with van der Waals surface area (Å²) in [4.78, 5) is 12.5. The summed E-state index contributed by atoms with van der Waals surface area (Å²) in [5, 5.41) is 12.1. The number of ether oxygens (including phenoxy) is 2. The monoisotopic (exact) mass is 476 g/mol. The van der Waals surface area contributed by atoms with Crippen molar-refractivity contribution in [2.24, 2.45) is 0 Å². The van der Waals surface area contributed by atoms with Crippen LogP contribution in [0.15, 0.2) is 71.9 Å². The third-order valence-electron chi connectivity index (χ3n) is 5.31. The molecule has 1 aliphatic heterocycles. The van der Waals surface area contributed by atoms with E-state index in [1.807, 2.05) is 53.1 Å². The van der Waals surface area contributed by atoms with Gasteiger partial charge in [-0.15, -0.1) is 10.2 Å². The zero-order valence-electron chi connectivity index (χ0n) is 18.3. The van der Waals surface area contributed by atoms with Crippen molar-refractivity contribution in [1.29, 1.82) is 0 Å². The molecule has 172 valence electrons. The van der Waals surface area contributed by atoms with Crippen LogP contribution < -0.4 is 14.8 Å². The molecule has 0 spiro atoms. The van der Waals surface area contributed by atoms with Crippen LogP contribution in [0.4, 0.5) is 10.1 Å². The number of hydrogen-bond donors (Lipinski definition) is 1. The van der Waals surface area contributed by atoms with Crippen molar-refractivity contribution in [3.05, 3.63) is 83.7 Å². The molecular weight excluding hydrogens is 455 g/mol. The lowest BCUT2D eigenvalue weighted by Gasteiger charge is -2.11. The molecule has 0 bridgehead atoms. The van der Waals surface area contributed by atoms with Gasteiger partial charge in [0.2, 0.25) is 12.7 Å². The highest BCUT2D eigenvalue weighted by Gasteiger charge is 2.18. The molecule has 3 aromatic carbocycles. The molecule has 2 heterocycles. The maximum absolute atomic E-state index is 13.8. The second-order valence-corrected chi connectivity index (χ2v) is 8.69. The van der Waals surface area contributed by atoms with Gasteiger partial charge in [-0.2, -0.15) is 0 Å². The van der Waals surface area contributed by atoms with Gasteiger partial charge in [-0.05, 0) is 42.3 Å². The fourth-order valence-electron chi connectivity index (χ4n) is 3.56. The molecule has 34 heavy (non-hydrogen) atoms. The minimum Gasteiger partial charge on any atom is -0.454 e. The Balaban J connectivity index is 1.36. The Kier molecular flexibility index (Phi) is 6.18. The van der Waals surface area contributed by atoms with Gasteiger partial charge in [0.05, 0.1) is 12.3 Å². The Hall–Kier alpha value is -3.85. The quantitative estimate of drug-likeness (QED) is 0.382. The fourth-order valence-corrected chi connectivity index (χ4v) is 4.30. The molecule has 1 aromatic heterocycles. The number of nitrogens with zero attached hydrogens (tertiary/aromatic N) is 3. The zero-order valence-corrected chi connectivity index (χ0v) is 19.1. The summed E-state index contributed by atoms with van der Waals surface area (Å²) in [6.07, 6.45) is 0. The lowest BCUT2D eigenvalue weighted by molar-refractivity contribution is -0.113. The molecule has 5 rings (SSSR count). The molecule has 1 aliphatic rings. The van der Waals surface area contributed by atoms with E-state index in [-0.39, 0.29) is 24.3 Å². The Labute approximate surface area is 199 Å². The van der Waals surface area contributed by atoms with Crippen molar-refractivity contribution in [2.75, 3.05) is 17.9 Å². The van der Waals surface area contributed by atoms with Gasteiger partial charge in [0.1, 0.15) is 5.82 Å². The molecule has 0 unspecified atom stereocenters. The van der Waals surface area contributed by atoms with E-state index in [0.29, 0.717) is 34.5 Å². The third-order valence-corrected chi connectivity index (χ3v) is 6.28. The largest absolute Gasteiger partial charge is 0.454 e. The number of halogens is 1. The van der Waals surface area contributed by atoms with Gasteiger partial charge in [0.25, 0.3) is 0 Å². The van der Waals surface area contributed by atoms with Crippen LogP contribution in [0.2, 0.25) is 0 Å². The summed E-state index contributed by atoms with van der Waals surface area (Å²) in [5.41, 5.74) is 2.85. The van der Waals surface area contributed by atoms with E-state index in [1.165, 1.54) is 17.8 Å². The van der Waals surface area contributed by atoms with E-state index < -0.39 is 0 Å². The molecule has 7 nitrogen and oxygen atoms in total. The standard InChI is InChI=1S/C25H21FN4O3S/c1-16-7-9-19(12-20(16)26)27-23(31)14-34-25-29-28-24(18-5-3-2-4-6-18)30(25)13-17-8-10-21-22(11-17)33-15-32-21/h2-12H,13-15H2,1H3,(H,27,31). The van der Waals surface area contributed by atoms with Crippen LogP contribution >= 0.6 is 11.8 Å². The normalized spacial score (nSPS) is 12.1. The Bertz CT molecular complexity index is 1340. The van der Waals surface area contributed by atoms with Gasteiger partial charge in [-0.1, -0.05) is 54.2 Å². The van der Waals surface area contributed by atoms with Crippen LogP contribution in [-0.2, 0) is 11.3 Å². The van der Waals surface area contributed by atoms with Gasteiger partial charge >= 0.3 is 0 Å². The zero-order chi connectivity index (χ0) is 23.5. The molecule has 0 radical (unpaired) electrons. The lowest BCUT2D eigenvalue weighted by atomic mass is 10.2. The fraction of sp³-hybridized carbons (Fsp3) is 0.160. The van der Waals surface area contributed by atoms with Crippen LogP contribution in [0.3, 0.4) is 0 Å². The van der Waals surface area contributed by atoms with Crippen LogP contribution in [0.25, 0.3) is 11.4 Å². The minimum atomic E-state index is -0.360. The number of anilines is 1. The highest BCUT2D eigenvalue weighted by atomic mass is 32.2. The van der Waals surface area contributed by atoms with E-state index in [4.69, 9.17) is 9.47 Å². The van der Waals surface area contributed by atoms with Crippen molar-refractivity contribution >= 4 is 23.4 Å². The number of carbonyl (C=O) groups excluding carboxylic acids is 1. The van der Waals surface area contributed by atoms with Gasteiger partial charge < -0.3 is 14.8 Å². The van der Waals surface area contributed by atoms with Crippen molar-refractivity contribution in [2.45, 2.75) is 18.6 Å². The minimum absolute atomic E-state index is 0.101. The van der Waals surface area contributed by atoms with Crippen LogP contribution in [0.1, 0.15) is 11.1 Å². The summed E-state index contributed by atoms with van der Waals surface area (Å²) in [6, 6.07) is 20.2. The molecule has 1 N–H and O–H groups in total. The molecular formula is C25H21FN4O3S. The third kappa shape index (κ3) is 4.74. The number of nitrogens with one attached hydrogen (secondary N) is 1. The Morgan fingerprint density at radius 1 is 1.06 bits per heavy atom. The highest BCUT2D eigenvalue weighted by Crippen LogP contribution is 2.33. The predicted octanol–water partition coefficient (Wildman–Crippen LogP) is 4.90. The summed E-state index contributed by atoms with van der Waals surface area (Å²) >= 11 is 1.27.